The van der Waals surface area contributed by atoms with E-state index in [1.807, 2.05) is 24.3 Å². The highest BCUT2D eigenvalue weighted by Gasteiger charge is 2.20. The van der Waals surface area contributed by atoms with Crippen LogP contribution in [0.15, 0.2) is 41.2 Å². The minimum atomic E-state index is -0.248. The van der Waals surface area contributed by atoms with E-state index in [1.54, 1.807) is 6.07 Å². The summed E-state index contributed by atoms with van der Waals surface area (Å²) in [6.45, 7) is 0. The molecule has 0 saturated heterocycles. The van der Waals surface area contributed by atoms with Crippen LogP contribution in [0.25, 0.3) is 0 Å². The van der Waals surface area contributed by atoms with Crippen LogP contribution in [0.1, 0.15) is 17.3 Å². The fourth-order valence-electron chi connectivity index (χ4n) is 2.07. The number of benzene rings is 1. The molecule has 2 aromatic rings. The number of para-hydroxylation sites is 1. The predicted octanol–water partition coefficient (Wildman–Crippen LogP) is 1.72. The van der Waals surface area contributed by atoms with Crippen LogP contribution in [-0.2, 0) is 6.42 Å². The van der Waals surface area contributed by atoms with Gasteiger partial charge in [-0.15, -0.1) is 0 Å². The molecule has 0 aliphatic carbocycles. The zero-order chi connectivity index (χ0) is 11.8. The van der Waals surface area contributed by atoms with Gasteiger partial charge in [0.05, 0.1) is 11.7 Å². The number of fused-ring (bicyclic) bond motifs is 2. The lowest BCUT2D eigenvalue weighted by molar-refractivity contribution is 0.474. The molecule has 0 fully saturated rings. The van der Waals surface area contributed by atoms with Gasteiger partial charge in [0.25, 0.3) is 0 Å². The highest BCUT2D eigenvalue weighted by Crippen LogP contribution is 2.35. The molecule has 2 heterocycles. The number of rotatable bonds is 0. The first kappa shape index (κ1) is 10.1. The van der Waals surface area contributed by atoms with E-state index in [1.165, 1.54) is 6.07 Å². The Bertz CT molecular complexity index is 619. The van der Waals surface area contributed by atoms with Gasteiger partial charge >= 0.3 is 0 Å². The smallest absolute Gasteiger partial charge is 0.248 e. The van der Waals surface area contributed by atoms with E-state index >= 15 is 0 Å². The minimum absolute atomic E-state index is 0.159. The van der Waals surface area contributed by atoms with Crippen molar-refractivity contribution in [2.45, 2.75) is 12.5 Å². The van der Waals surface area contributed by atoms with Crippen molar-refractivity contribution in [1.82, 2.24) is 4.98 Å². The Labute approximate surface area is 98.0 Å². The van der Waals surface area contributed by atoms with E-state index in [-0.39, 0.29) is 11.6 Å². The van der Waals surface area contributed by atoms with Gasteiger partial charge in [-0.25, -0.2) is 0 Å². The molecule has 1 atom stereocenters. The SMILES string of the molecule is NC1Cc2ccccc2Oc2ccc(=O)[nH]c21. The van der Waals surface area contributed by atoms with E-state index in [9.17, 15) is 4.79 Å². The summed E-state index contributed by atoms with van der Waals surface area (Å²) >= 11 is 0. The summed E-state index contributed by atoms with van der Waals surface area (Å²) < 4.78 is 5.78. The van der Waals surface area contributed by atoms with Crippen molar-refractivity contribution in [2.75, 3.05) is 0 Å². The fraction of sp³-hybridized carbons (Fsp3) is 0.154. The predicted molar refractivity (Wildman–Crippen MR) is 64.2 cm³/mol. The van der Waals surface area contributed by atoms with Crippen LogP contribution in [0.3, 0.4) is 0 Å². The molecule has 0 spiro atoms. The first-order valence-corrected chi connectivity index (χ1v) is 5.48. The second kappa shape index (κ2) is 3.75. The lowest BCUT2D eigenvalue weighted by atomic mass is 10.0. The summed E-state index contributed by atoms with van der Waals surface area (Å²) in [5.74, 6) is 1.43. The van der Waals surface area contributed by atoms with Crippen LogP contribution in [0.2, 0.25) is 0 Å². The molecular weight excluding hydrogens is 216 g/mol. The van der Waals surface area contributed by atoms with E-state index < -0.39 is 0 Å². The molecule has 1 unspecified atom stereocenters. The molecule has 86 valence electrons. The van der Waals surface area contributed by atoms with Gasteiger partial charge in [0.15, 0.2) is 0 Å². The molecule has 4 heteroatoms. The maximum absolute atomic E-state index is 11.3. The highest BCUT2D eigenvalue weighted by molar-refractivity contribution is 5.43. The second-order valence-electron chi connectivity index (χ2n) is 4.12. The lowest BCUT2D eigenvalue weighted by Crippen LogP contribution is -2.18. The van der Waals surface area contributed by atoms with E-state index in [2.05, 4.69) is 4.98 Å². The number of nitrogens with one attached hydrogen (secondary N) is 1. The molecule has 1 aliphatic heterocycles. The van der Waals surface area contributed by atoms with Crippen molar-refractivity contribution in [1.29, 1.82) is 0 Å². The summed E-state index contributed by atoms with van der Waals surface area (Å²) in [6.07, 6.45) is 0.656. The quantitative estimate of drug-likeness (QED) is 0.721. The third kappa shape index (κ3) is 1.72. The van der Waals surface area contributed by atoms with Crippen molar-refractivity contribution in [2.24, 2.45) is 5.73 Å². The number of aromatic nitrogens is 1. The Morgan fingerprint density at radius 3 is 2.88 bits per heavy atom. The van der Waals surface area contributed by atoms with Gasteiger partial charge in [0.2, 0.25) is 5.56 Å². The molecule has 0 saturated carbocycles. The van der Waals surface area contributed by atoms with Crippen molar-refractivity contribution in [3.05, 3.63) is 58.0 Å². The van der Waals surface area contributed by atoms with Crippen molar-refractivity contribution >= 4 is 0 Å². The topological polar surface area (TPSA) is 68.1 Å². The molecule has 1 aromatic heterocycles. The molecule has 17 heavy (non-hydrogen) atoms. The number of hydrogen-bond donors (Lipinski definition) is 2. The molecule has 3 rings (SSSR count). The molecule has 3 N–H and O–H groups in total. The van der Waals surface area contributed by atoms with Crippen LogP contribution in [0.5, 0.6) is 11.5 Å². The molecule has 1 aromatic carbocycles. The fourth-order valence-corrected chi connectivity index (χ4v) is 2.07. The monoisotopic (exact) mass is 228 g/mol. The normalized spacial score (nSPS) is 17.6. The first-order valence-electron chi connectivity index (χ1n) is 5.48. The molecule has 0 bridgehead atoms. The first-order chi connectivity index (χ1) is 8.24. The van der Waals surface area contributed by atoms with Gasteiger partial charge in [-0.2, -0.15) is 0 Å². The number of hydrogen-bond acceptors (Lipinski definition) is 3. The molecular formula is C13H12N2O2. The maximum atomic E-state index is 11.3. The van der Waals surface area contributed by atoms with Crippen molar-refractivity contribution in [3.8, 4) is 11.5 Å². The minimum Gasteiger partial charge on any atom is -0.455 e. The second-order valence-corrected chi connectivity index (χ2v) is 4.12. The zero-order valence-electron chi connectivity index (χ0n) is 9.14. The Balaban J connectivity index is 2.17. The summed E-state index contributed by atoms with van der Waals surface area (Å²) in [7, 11) is 0. The van der Waals surface area contributed by atoms with Gasteiger partial charge in [-0.1, -0.05) is 18.2 Å². The van der Waals surface area contributed by atoms with Gasteiger partial charge in [0, 0.05) is 6.07 Å². The Hall–Kier alpha value is -2.07. The summed E-state index contributed by atoms with van der Waals surface area (Å²) in [5, 5.41) is 0. The van der Waals surface area contributed by atoms with Crippen molar-refractivity contribution < 1.29 is 4.74 Å². The number of ether oxygens (including phenoxy) is 1. The number of nitrogens with two attached hydrogens (primary N) is 1. The van der Waals surface area contributed by atoms with Crippen LogP contribution < -0.4 is 16.0 Å². The van der Waals surface area contributed by atoms with Gasteiger partial charge in [0.1, 0.15) is 11.5 Å². The maximum Gasteiger partial charge on any atom is 0.248 e. The van der Waals surface area contributed by atoms with E-state index in [0.717, 1.165) is 11.3 Å². The molecule has 1 aliphatic rings. The van der Waals surface area contributed by atoms with Crippen LogP contribution in [-0.4, -0.2) is 4.98 Å². The lowest BCUT2D eigenvalue weighted by Gasteiger charge is -2.10. The third-order valence-electron chi connectivity index (χ3n) is 2.91. The van der Waals surface area contributed by atoms with Gasteiger partial charge < -0.3 is 15.5 Å². The van der Waals surface area contributed by atoms with E-state index in [0.29, 0.717) is 17.9 Å². The van der Waals surface area contributed by atoms with Gasteiger partial charge in [-0.05, 0) is 24.1 Å². The Kier molecular flexibility index (Phi) is 2.23. The molecule has 4 nitrogen and oxygen atoms in total. The summed E-state index contributed by atoms with van der Waals surface area (Å²) in [5.41, 5.74) is 7.64. The Morgan fingerprint density at radius 1 is 1.18 bits per heavy atom. The average molecular weight is 228 g/mol. The van der Waals surface area contributed by atoms with E-state index in [4.69, 9.17) is 10.5 Å². The summed E-state index contributed by atoms with van der Waals surface area (Å²) in [4.78, 5) is 14.1. The van der Waals surface area contributed by atoms with Gasteiger partial charge in [-0.3, -0.25) is 4.79 Å². The third-order valence-corrected chi connectivity index (χ3v) is 2.91. The van der Waals surface area contributed by atoms with Crippen molar-refractivity contribution in [3.63, 3.8) is 0 Å². The average Bonchev–Trinajstić information content (AvgIpc) is 2.46. The number of pyridine rings is 1. The number of H-pyrrole nitrogens is 1. The number of aromatic amines is 1. The van der Waals surface area contributed by atoms with Crippen LogP contribution in [0, 0.1) is 0 Å². The standard InChI is InChI=1S/C13H12N2O2/c14-9-7-8-3-1-2-4-10(8)17-11-5-6-12(16)15-13(9)11/h1-6,9H,7,14H2,(H,15,16). The van der Waals surface area contributed by atoms with Crippen LogP contribution >= 0.6 is 0 Å². The molecule has 0 radical (unpaired) electrons. The van der Waals surface area contributed by atoms with Crippen LogP contribution in [0.4, 0.5) is 0 Å². The Morgan fingerprint density at radius 2 is 2.00 bits per heavy atom. The summed E-state index contributed by atoms with van der Waals surface area (Å²) in [6, 6.07) is 10.6. The largest absolute Gasteiger partial charge is 0.455 e. The zero-order valence-corrected chi connectivity index (χ0v) is 9.14. The highest BCUT2D eigenvalue weighted by atomic mass is 16.5. The molecule has 0 amide bonds.